The highest BCUT2D eigenvalue weighted by atomic mass is 16.5. The minimum absolute atomic E-state index is 0.866. The van der Waals surface area contributed by atoms with Gasteiger partial charge in [-0.3, -0.25) is 0 Å². The van der Waals surface area contributed by atoms with Crippen molar-refractivity contribution in [1.82, 2.24) is 9.97 Å². The summed E-state index contributed by atoms with van der Waals surface area (Å²) in [5.41, 5.74) is 9.79. The van der Waals surface area contributed by atoms with Crippen molar-refractivity contribution in [3.8, 4) is 34.0 Å². The van der Waals surface area contributed by atoms with E-state index in [-0.39, 0.29) is 0 Å². The summed E-state index contributed by atoms with van der Waals surface area (Å²) in [6, 6.07) is 29.6. The molecule has 0 bridgehead atoms. The zero-order valence-electron chi connectivity index (χ0n) is 19.5. The van der Waals surface area contributed by atoms with Gasteiger partial charge in [0.1, 0.15) is 11.5 Å². The molecule has 0 aliphatic carbocycles. The lowest BCUT2D eigenvalue weighted by Gasteiger charge is -2.09. The zero-order valence-corrected chi connectivity index (χ0v) is 19.5. The fraction of sp³-hybridized carbons (Fsp3) is 0.133. The second kappa shape index (κ2) is 9.75. The Kier molecular flexibility index (Phi) is 6.21. The van der Waals surface area contributed by atoms with E-state index < -0.39 is 0 Å². The molecule has 0 radical (unpaired) electrons. The lowest BCUT2D eigenvalue weighted by molar-refractivity contribution is 0.415. The van der Waals surface area contributed by atoms with E-state index >= 15 is 0 Å². The highest BCUT2D eigenvalue weighted by Gasteiger charge is 2.10. The molecule has 0 fully saturated rings. The van der Waals surface area contributed by atoms with Gasteiger partial charge in [0.05, 0.1) is 14.2 Å². The molecule has 2 N–H and O–H groups in total. The van der Waals surface area contributed by atoms with Crippen LogP contribution in [0, 0.1) is 0 Å². The van der Waals surface area contributed by atoms with E-state index in [9.17, 15) is 0 Å². The van der Waals surface area contributed by atoms with Crippen LogP contribution in [-0.2, 0) is 12.8 Å². The maximum Gasteiger partial charge on any atom is 0.118 e. The van der Waals surface area contributed by atoms with Crippen LogP contribution in [-0.4, -0.2) is 24.2 Å². The second-order valence-electron chi connectivity index (χ2n) is 8.38. The second-order valence-corrected chi connectivity index (χ2v) is 8.38. The predicted octanol–water partition coefficient (Wildman–Crippen LogP) is 6.88. The van der Waals surface area contributed by atoms with Crippen LogP contribution < -0.4 is 9.47 Å². The normalized spacial score (nSPS) is 10.9. The van der Waals surface area contributed by atoms with Crippen LogP contribution in [0.3, 0.4) is 0 Å². The Morgan fingerprint density at radius 2 is 0.882 bits per heavy atom. The molecule has 34 heavy (non-hydrogen) atoms. The van der Waals surface area contributed by atoms with Gasteiger partial charge in [0, 0.05) is 23.8 Å². The molecule has 5 rings (SSSR count). The number of hydrogen-bond acceptors (Lipinski definition) is 2. The molecule has 0 atom stereocenters. The van der Waals surface area contributed by atoms with Crippen LogP contribution in [0.2, 0.25) is 0 Å². The molecular formula is C30H28N2O2. The molecule has 3 aromatic carbocycles. The summed E-state index contributed by atoms with van der Waals surface area (Å²) in [6.07, 6.45) is 5.78. The SMILES string of the molecule is COc1ccc(-c2[nH]ccc2Cc2ccc(Cc3cc[nH]c3-c3ccc(OC)cc3)cc2)cc1. The van der Waals surface area contributed by atoms with Crippen molar-refractivity contribution in [2.75, 3.05) is 14.2 Å². The maximum atomic E-state index is 5.29. The Bertz CT molecular complexity index is 1240. The zero-order chi connectivity index (χ0) is 23.3. The fourth-order valence-corrected chi connectivity index (χ4v) is 4.37. The van der Waals surface area contributed by atoms with Crippen LogP contribution in [0.25, 0.3) is 22.5 Å². The minimum atomic E-state index is 0.866. The minimum Gasteiger partial charge on any atom is -0.497 e. The average molecular weight is 449 g/mol. The number of nitrogens with one attached hydrogen (secondary N) is 2. The van der Waals surface area contributed by atoms with Gasteiger partial charge in [0.2, 0.25) is 0 Å². The van der Waals surface area contributed by atoms with Crippen molar-refractivity contribution in [1.29, 1.82) is 0 Å². The van der Waals surface area contributed by atoms with E-state index in [1.807, 2.05) is 36.7 Å². The molecule has 0 saturated heterocycles. The van der Waals surface area contributed by atoms with Gasteiger partial charge < -0.3 is 19.4 Å². The van der Waals surface area contributed by atoms with E-state index in [0.717, 1.165) is 46.9 Å². The fourth-order valence-electron chi connectivity index (χ4n) is 4.37. The molecule has 2 heterocycles. The number of benzene rings is 3. The standard InChI is InChI=1S/C30H28N2O2/c1-33-27-11-7-23(8-12-27)29-25(15-17-31-29)19-21-3-5-22(6-4-21)20-26-16-18-32-30(26)24-9-13-28(34-2)14-10-24/h3-18,31-32H,19-20H2,1-2H3. The summed E-state index contributed by atoms with van der Waals surface area (Å²) < 4.78 is 10.6. The van der Waals surface area contributed by atoms with E-state index in [4.69, 9.17) is 9.47 Å². The van der Waals surface area contributed by atoms with Crippen LogP contribution >= 0.6 is 0 Å². The van der Waals surface area contributed by atoms with Gasteiger partial charge in [0.15, 0.2) is 0 Å². The lowest BCUT2D eigenvalue weighted by Crippen LogP contribution is -1.93. The summed E-state index contributed by atoms with van der Waals surface area (Å²) in [5.74, 6) is 1.73. The number of methoxy groups -OCH3 is 2. The number of H-pyrrole nitrogens is 2. The molecular weight excluding hydrogens is 420 g/mol. The van der Waals surface area contributed by atoms with Gasteiger partial charge in [-0.1, -0.05) is 24.3 Å². The van der Waals surface area contributed by atoms with Crippen LogP contribution in [0.15, 0.2) is 97.3 Å². The first-order chi connectivity index (χ1) is 16.7. The largest absolute Gasteiger partial charge is 0.497 e. The molecule has 0 saturated carbocycles. The highest BCUT2D eigenvalue weighted by Crippen LogP contribution is 2.28. The van der Waals surface area contributed by atoms with Gasteiger partial charge in [-0.25, -0.2) is 0 Å². The van der Waals surface area contributed by atoms with Crippen molar-refractivity contribution in [2.24, 2.45) is 0 Å². The van der Waals surface area contributed by atoms with Gasteiger partial charge in [-0.05, 0) is 107 Å². The average Bonchev–Trinajstić information content (AvgIpc) is 3.55. The van der Waals surface area contributed by atoms with E-state index in [1.165, 1.54) is 22.3 Å². The Morgan fingerprint density at radius 3 is 1.24 bits per heavy atom. The first kappa shape index (κ1) is 21.7. The monoisotopic (exact) mass is 448 g/mol. The molecule has 0 spiro atoms. The molecule has 0 aliphatic rings. The van der Waals surface area contributed by atoms with Gasteiger partial charge in [0.25, 0.3) is 0 Å². The Hall–Kier alpha value is -4.18. The highest BCUT2D eigenvalue weighted by molar-refractivity contribution is 5.66. The summed E-state index contributed by atoms with van der Waals surface area (Å²) in [5, 5.41) is 0. The van der Waals surface area contributed by atoms with Gasteiger partial charge >= 0.3 is 0 Å². The first-order valence-electron chi connectivity index (χ1n) is 11.4. The number of rotatable bonds is 8. The Labute approximate surface area is 200 Å². The lowest BCUT2D eigenvalue weighted by atomic mass is 9.98. The summed E-state index contributed by atoms with van der Waals surface area (Å²) >= 11 is 0. The smallest absolute Gasteiger partial charge is 0.118 e. The molecule has 170 valence electrons. The number of hydrogen-bond donors (Lipinski definition) is 2. The molecule has 0 aliphatic heterocycles. The van der Waals surface area contributed by atoms with Gasteiger partial charge in [-0.2, -0.15) is 0 Å². The van der Waals surface area contributed by atoms with Crippen molar-refractivity contribution >= 4 is 0 Å². The van der Waals surface area contributed by atoms with Crippen molar-refractivity contribution in [3.05, 3.63) is 120 Å². The van der Waals surface area contributed by atoms with Crippen LogP contribution in [0.5, 0.6) is 11.5 Å². The van der Waals surface area contributed by atoms with Crippen molar-refractivity contribution in [2.45, 2.75) is 12.8 Å². The predicted molar refractivity (Wildman–Crippen MR) is 138 cm³/mol. The number of aromatic amines is 2. The molecule has 0 unspecified atom stereocenters. The number of aromatic nitrogens is 2. The van der Waals surface area contributed by atoms with E-state index in [1.54, 1.807) is 14.2 Å². The third-order valence-corrected chi connectivity index (χ3v) is 6.24. The maximum absolute atomic E-state index is 5.29. The third kappa shape index (κ3) is 4.62. The number of ether oxygens (including phenoxy) is 2. The van der Waals surface area contributed by atoms with E-state index in [2.05, 4.69) is 70.6 Å². The van der Waals surface area contributed by atoms with Crippen molar-refractivity contribution < 1.29 is 9.47 Å². The third-order valence-electron chi connectivity index (χ3n) is 6.24. The van der Waals surface area contributed by atoms with E-state index in [0.29, 0.717) is 0 Å². The molecule has 4 heteroatoms. The van der Waals surface area contributed by atoms with Gasteiger partial charge in [-0.15, -0.1) is 0 Å². The Morgan fingerprint density at radius 1 is 0.500 bits per heavy atom. The summed E-state index contributed by atoms with van der Waals surface area (Å²) in [4.78, 5) is 6.80. The molecule has 4 nitrogen and oxygen atoms in total. The quantitative estimate of drug-likeness (QED) is 0.272. The molecule has 5 aromatic rings. The molecule has 2 aromatic heterocycles. The summed E-state index contributed by atoms with van der Waals surface area (Å²) in [7, 11) is 3.38. The topological polar surface area (TPSA) is 50.0 Å². The molecule has 0 amide bonds. The van der Waals surface area contributed by atoms with Crippen LogP contribution in [0.4, 0.5) is 0 Å². The summed E-state index contributed by atoms with van der Waals surface area (Å²) in [6.45, 7) is 0. The first-order valence-corrected chi connectivity index (χ1v) is 11.4. The van der Waals surface area contributed by atoms with Crippen LogP contribution in [0.1, 0.15) is 22.3 Å². The van der Waals surface area contributed by atoms with Crippen molar-refractivity contribution in [3.63, 3.8) is 0 Å². The Balaban J connectivity index is 1.29.